The molecule has 3 amide bonds. The molecule has 1 atom stereocenters. The summed E-state index contributed by atoms with van der Waals surface area (Å²) in [6.07, 6.45) is 0.142. The van der Waals surface area contributed by atoms with E-state index in [1.807, 2.05) is 35.7 Å². The maximum absolute atomic E-state index is 13.0. The average molecular weight is 482 g/mol. The van der Waals surface area contributed by atoms with E-state index in [-0.39, 0.29) is 24.1 Å². The molecule has 0 bridgehead atoms. The third-order valence-corrected chi connectivity index (χ3v) is 7.31. The van der Waals surface area contributed by atoms with Crippen molar-refractivity contribution in [3.8, 4) is 11.5 Å². The zero-order chi connectivity index (χ0) is 23.7. The summed E-state index contributed by atoms with van der Waals surface area (Å²) in [4.78, 5) is 41.9. The number of hydrogen-bond acceptors (Lipinski definition) is 6. The Balaban J connectivity index is 1.24. The quantitative estimate of drug-likeness (QED) is 0.723. The highest BCUT2D eigenvalue weighted by atomic mass is 32.2. The highest BCUT2D eigenvalue weighted by Gasteiger charge is 2.36. The molecule has 2 aromatic carbocycles. The fourth-order valence-corrected chi connectivity index (χ4v) is 5.36. The minimum absolute atomic E-state index is 0.0257. The predicted octanol–water partition coefficient (Wildman–Crippen LogP) is 2.95. The van der Waals surface area contributed by atoms with E-state index >= 15 is 0 Å². The molecule has 8 nitrogen and oxygen atoms in total. The third-order valence-electron chi connectivity index (χ3n) is 6.36. The standard InChI is InChI=1S/C25H27N3O5S/c1-16-12-17(25(31)27-6-10-34-11-7-27)2-4-20(16)26-24(30)18-13-23(29)28(15-18)19-3-5-21-22(14-19)33-9-8-32-21/h2-5,12,14,18H,6-11,13,15H2,1H3,(H,26,30). The number of hydrogen-bond donors (Lipinski definition) is 1. The SMILES string of the molecule is Cc1cc(C(=O)N2CCSCC2)ccc1NC(=O)C1CC(=O)N(c2ccc3c(c2)OCCO3)C1. The molecule has 34 heavy (non-hydrogen) atoms. The first-order valence-corrected chi connectivity index (χ1v) is 12.6. The van der Waals surface area contributed by atoms with Crippen LogP contribution in [0, 0.1) is 12.8 Å². The van der Waals surface area contributed by atoms with E-state index in [1.165, 1.54) is 0 Å². The van der Waals surface area contributed by atoms with Crippen LogP contribution in [-0.2, 0) is 9.59 Å². The summed E-state index contributed by atoms with van der Waals surface area (Å²) in [5.74, 6) is 2.44. The minimum Gasteiger partial charge on any atom is -0.486 e. The number of anilines is 2. The molecule has 3 aliphatic rings. The zero-order valence-corrected chi connectivity index (χ0v) is 19.9. The maximum atomic E-state index is 13.0. The average Bonchev–Trinajstić information content (AvgIpc) is 3.26. The second kappa shape index (κ2) is 9.58. The van der Waals surface area contributed by atoms with E-state index in [2.05, 4.69) is 5.32 Å². The van der Waals surface area contributed by atoms with Crippen molar-refractivity contribution < 1.29 is 23.9 Å². The largest absolute Gasteiger partial charge is 0.486 e. The summed E-state index contributed by atoms with van der Waals surface area (Å²) >= 11 is 1.86. The molecule has 178 valence electrons. The number of nitrogens with one attached hydrogen (secondary N) is 1. The fraction of sp³-hybridized carbons (Fsp3) is 0.400. The van der Waals surface area contributed by atoms with Crippen molar-refractivity contribution in [1.29, 1.82) is 0 Å². The first-order valence-electron chi connectivity index (χ1n) is 11.5. The number of amides is 3. The molecule has 0 radical (unpaired) electrons. The van der Waals surface area contributed by atoms with Crippen LogP contribution in [0.4, 0.5) is 11.4 Å². The van der Waals surface area contributed by atoms with Gasteiger partial charge in [0.25, 0.3) is 5.91 Å². The second-order valence-corrected chi connectivity index (χ2v) is 9.88. The number of benzene rings is 2. The van der Waals surface area contributed by atoms with Crippen LogP contribution in [-0.4, -0.2) is 67.0 Å². The normalized spacial score (nSPS) is 19.8. The molecule has 3 heterocycles. The van der Waals surface area contributed by atoms with E-state index in [4.69, 9.17) is 9.47 Å². The number of ether oxygens (including phenoxy) is 2. The van der Waals surface area contributed by atoms with Gasteiger partial charge >= 0.3 is 0 Å². The van der Waals surface area contributed by atoms with E-state index in [0.717, 1.165) is 30.2 Å². The molecule has 5 rings (SSSR count). The summed E-state index contributed by atoms with van der Waals surface area (Å²) in [7, 11) is 0. The zero-order valence-electron chi connectivity index (χ0n) is 19.0. The third kappa shape index (κ3) is 4.57. The van der Waals surface area contributed by atoms with E-state index in [1.54, 1.807) is 29.2 Å². The number of rotatable bonds is 4. The first kappa shape index (κ1) is 22.6. The van der Waals surface area contributed by atoms with Gasteiger partial charge in [0.15, 0.2) is 11.5 Å². The monoisotopic (exact) mass is 481 g/mol. The Bertz CT molecular complexity index is 1130. The van der Waals surface area contributed by atoms with Gasteiger partial charge in [0.05, 0.1) is 5.92 Å². The van der Waals surface area contributed by atoms with Crippen LogP contribution in [0.5, 0.6) is 11.5 Å². The molecule has 0 aliphatic carbocycles. The number of carbonyl (C=O) groups is 3. The van der Waals surface area contributed by atoms with Crippen LogP contribution in [0.2, 0.25) is 0 Å². The van der Waals surface area contributed by atoms with Gasteiger partial charge in [0.2, 0.25) is 11.8 Å². The van der Waals surface area contributed by atoms with Crippen molar-refractivity contribution in [2.24, 2.45) is 5.92 Å². The van der Waals surface area contributed by atoms with E-state index in [9.17, 15) is 14.4 Å². The molecule has 2 fully saturated rings. The smallest absolute Gasteiger partial charge is 0.253 e. The number of carbonyl (C=O) groups excluding carboxylic acids is 3. The van der Waals surface area contributed by atoms with Gasteiger partial charge in [0, 0.05) is 60.6 Å². The maximum Gasteiger partial charge on any atom is 0.253 e. The van der Waals surface area contributed by atoms with Crippen LogP contribution in [0.1, 0.15) is 22.3 Å². The Labute approximate surface area is 202 Å². The molecule has 2 saturated heterocycles. The molecule has 3 aliphatic heterocycles. The van der Waals surface area contributed by atoms with Crippen LogP contribution < -0.4 is 19.7 Å². The number of fused-ring (bicyclic) bond motifs is 1. The molecule has 0 aromatic heterocycles. The lowest BCUT2D eigenvalue weighted by atomic mass is 10.1. The Kier molecular flexibility index (Phi) is 6.36. The van der Waals surface area contributed by atoms with Crippen LogP contribution in [0.15, 0.2) is 36.4 Å². The van der Waals surface area contributed by atoms with Gasteiger partial charge in [0.1, 0.15) is 13.2 Å². The van der Waals surface area contributed by atoms with Gasteiger partial charge < -0.3 is 24.6 Å². The van der Waals surface area contributed by atoms with Crippen LogP contribution >= 0.6 is 11.8 Å². The van der Waals surface area contributed by atoms with Gasteiger partial charge in [-0.05, 0) is 42.8 Å². The summed E-state index contributed by atoms with van der Waals surface area (Å²) in [5.41, 5.74) is 2.79. The molecule has 2 aromatic rings. The van der Waals surface area contributed by atoms with Gasteiger partial charge in [-0.2, -0.15) is 11.8 Å². The summed E-state index contributed by atoms with van der Waals surface area (Å²) in [5, 5.41) is 2.95. The van der Waals surface area contributed by atoms with Crippen LogP contribution in [0.3, 0.4) is 0 Å². The van der Waals surface area contributed by atoms with Crippen molar-refractivity contribution >= 4 is 40.9 Å². The lowest BCUT2D eigenvalue weighted by molar-refractivity contribution is -0.122. The first-order chi connectivity index (χ1) is 16.5. The number of aryl methyl sites for hydroxylation is 1. The van der Waals surface area contributed by atoms with Gasteiger partial charge in [-0.3, -0.25) is 14.4 Å². The molecule has 1 N–H and O–H groups in total. The lowest BCUT2D eigenvalue weighted by Crippen LogP contribution is -2.37. The topological polar surface area (TPSA) is 88.2 Å². The molecule has 1 unspecified atom stereocenters. The van der Waals surface area contributed by atoms with Crippen molar-refractivity contribution in [2.45, 2.75) is 13.3 Å². The van der Waals surface area contributed by atoms with E-state index < -0.39 is 5.92 Å². The second-order valence-electron chi connectivity index (χ2n) is 8.66. The molecule has 0 spiro atoms. The van der Waals surface area contributed by atoms with E-state index in [0.29, 0.717) is 48.2 Å². The molecule has 9 heteroatoms. The fourth-order valence-electron chi connectivity index (χ4n) is 4.45. The Morgan fingerprint density at radius 2 is 1.79 bits per heavy atom. The van der Waals surface area contributed by atoms with Crippen molar-refractivity contribution in [2.75, 3.05) is 54.6 Å². The number of nitrogens with zero attached hydrogens (tertiary/aromatic N) is 2. The summed E-state index contributed by atoms with van der Waals surface area (Å²) in [6.45, 7) is 4.67. The van der Waals surface area contributed by atoms with Crippen molar-refractivity contribution in [3.05, 3.63) is 47.5 Å². The Hall–Kier alpha value is -3.20. The molecule has 0 saturated carbocycles. The lowest BCUT2D eigenvalue weighted by Gasteiger charge is -2.26. The van der Waals surface area contributed by atoms with Crippen molar-refractivity contribution in [3.63, 3.8) is 0 Å². The van der Waals surface area contributed by atoms with Crippen LogP contribution in [0.25, 0.3) is 0 Å². The molecular weight excluding hydrogens is 454 g/mol. The van der Waals surface area contributed by atoms with Crippen molar-refractivity contribution in [1.82, 2.24) is 4.90 Å². The Morgan fingerprint density at radius 3 is 2.56 bits per heavy atom. The molecular formula is C25H27N3O5S. The highest BCUT2D eigenvalue weighted by Crippen LogP contribution is 2.36. The van der Waals surface area contributed by atoms with Gasteiger partial charge in [-0.1, -0.05) is 0 Å². The Morgan fingerprint density at radius 1 is 1.03 bits per heavy atom. The summed E-state index contributed by atoms with van der Waals surface area (Å²) < 4.78 is 11.2. The van der Waals surface area contributed by atoms with Gasteiger partial charge in [-0.25, -0.2) is 0 Å². The predicted molar refractivity (Wildman–Crippen MR) is 131 cm³/mol. The minimum atomic E-state index is -0.466. The van der Waals surface area contributed by atoms with Gasteiger partial charge in [-0.15, -0.1) is 0 Å². The summed E-state index contributed by atoms with van der Waals surface area (Å²) in [6, 6.07) is 10.7. The number of thioether (sulfide) groups is 1. The highest BCUT2D eigenvalue weighted by molar-refractivity contribution is 7.99.